The number of alkyl halides is 3. The molecule has 0 spiro atoms. The molecule has 1 saturated heterocycles. The fraction of sp³-hybridized carbons (Fsp3) is 0.500. The highest BCUT2D eigenvalue weighted by Crippen LogP contribution is 2.37. The Hall–Kier alpha value is -3.10. The molecule has 35 heavy (non-hydrogen) atoms. The number of rotatable bonds is 6. The van der Waals surface area contributed by atoms with Gasteiger partial charge >= 0.3 is 6.18 Å². The molecule has 194 valence electrons. The highest BCUT2D eigenvalue weighted by molar-refractivity contribution is 6.00. The molecule has 2 rings (SSSR count). The molecule has 0 aromatic heterocycles. The summed E-state index contributed by atoms with van der Waals surface area (Å²) in [6.07, 6.45) is 3.07. The summed E-state index contributed by atoms with van der Waals surface area (Å²) in [5, 5.41) is 2.25. The highest BCUT2D eigenvalue weighted by atomic mass is 19.4. The summed E-state index contributed by atoms with van der Waals surface area (Å²) >= 11 is 0. The summed E-state index contributed by atoms with van der Waals surface area (Å²) in [4.78, 5) is 31.9. The van der Waals surface area contributed by atoms with Crippen molar-refractivity contribution in [1.82, 2.24) is 9.80 Å². The maximum Gasteiger partial charge on any atom is 0.418 e. The lowest BCUT2D eigenvalue weighted by molar-refractivity contribution is -0.137. The quantitative estimate of drug-likeness (QED) is 0.519. The van der Waals surface area contributed by atoms with E-state index in [0.717, 1.165) is 18.4 Å². The van der Waals surface area contributed by atoms with E-state index in [0.29, 0.717) is 18.9 Å². The van der Waals surface area contributed by atoms with Crippen LogP contribution in [0.2, 0.25) is 0 Å². The molecule has 9 heteroatoms. The fourth-order valence-corrected chi connectivity index (χ4v) is 2.94. The normalized spacial score (nSPS) is 15.7. The number of hydrogen-bond donors (Lipinski definition) is 1. The topological polar surface area (TPSA) is 65.0 Å². The van der Waals surface area contributed by atoms with E-state index in [2.05, 4.69) is 31.1 Å². The van der Waals surface area contributed by atoms with Gasteiger partial charge in [0.1, 0.15) is 5.84 Å². The summed E-state index contributed by atoms with van der Waals surface area (Å²) in [6, 6.07) is 3.98. The highest BCUT2D eigenvalue weighted by Gasteiger charge is 2.35. The molecule has 1 N–H and O–H groups in total. The first-order chi connectivity index (χ1) is 16.4. The molecular weight excluding hydrogens is 457 g/mol. The van der Waals surface area contributed by atoms with E-state index in [1.165, 1.54) is 43.8 Å². The maximum absolute atomic E-state index is 13.2. The van der Waals surface area contributed by atoms with Crippen molar-refractivity contribution in [3.63, 3.8) is 0 Å². The second-order valence-corrected chi connectivity index (χ2v) is 8.64. The van der Waals surface area contributed by atoms with Crippen LogP contribution < -0.4 is 5.32 Å². The van der Waals surface area contributed by atoms with Crippen LogP contribution in [0.15, 0.2) is 47.6 Å². The summed E-state index contributed by atoms with van der Waals surface area (Å²) in [5.41, 5.74) is -1.16. The van der Waals surface area contributed by atoms with E-state index >= 15 is 0 Å². The van der Waals surface area contributed by atoms with Crippen molar-refractivity contribution in [3.8, 4) is 0 Å². The number of anilines is 1. The zero-order chi connectivity index (χ0) is 26.6. The van der Waals surface area contributed by atoms with E-state index in [1.807, 2.05) is 18.9 Å². The number of aliphatic imine (C=N–C) groups is 1. The number of nitrogens with one attached hydrogen (secondary N) is 1. The molecular formula is C26H37F3N4O2. The van der Waals surface area contributed by atoms with Crippen LogP contribution in [0.25, 0.3) is 0 Å². The lowest BCUT2D eigenvalue weighted by Crippen LogP contribution is -2.50. The number of carbonyl (C=O) groups excluding carboxylic acids is 2. The van der Waals surface area contributed by atoms with Crippen LogP contribution in [-0.2, 0) is 15.8 Å². The molecule has 2 amide bonds. The first-order valence-corrected chi connectivity index (χ1v) is 11.8. The van der Waals surface area contributed by atoms with Crippen molar-refractivity contribution in [1.29, 1.82) is 0 Å². The monoisotopic (exact) mass is 494 g/mol. The predicted octanol–water partition coefficient (Wildman–Crippen LogP) is 5.66. The van der Waals surface area contributed by atoms with E-state index in [9.17, 15) is 22.8 Å². The third-order valence-corrected chi connectivity index (χ3v) is 5.37. The van der Waals surface area contributed by atoms with Gasteiger partial charge in [0.15, 0.2) is 0 Å². The van der Waals surface area contributed by atoms with Crippen LogP contribution in [0.1, 0.15) is 51.7 Å². The number of aryl methyl sites for hydroxylation is 1. The summed E-state index contributed by atoms with van der Waals surface area (Å²) in [5.74, 6) is 0.622. The van der Waals surface area contributed by atoms with Gasteiger partial charge in [-0.1, -0.05) is 52.3 Å². The zero-order valence-electron chi connectivity index (χ0n) is 21.4. The second kappa shape index (κ2) is 14.3. The Balaban J connectivity index is 0.00000111. The van der Waals surface area contributed by atoms with Crippen molar-refractivity contribution in [3.05, 3.63) is 53.8 Å². The van der Waals surface area contributed by atoms with E-state index in [1.54, 1.807) is 11.0 Å². The number of amides is 2. The molecule has 1 aromatic rings. The smallest absolute Gasteiger partial charge is 0.360 e. The molecule has 0 radical (unpaired) electrons. The van der Waals surface area contributed by atoms with Gasteiger partial charge in [0.2, 0.25) is 11.8 Å². The van der Waals surface area contributed by atoms with Gasteiger partial charge in [0, 0.05) is 32.4 Å². The van der Waals surface area contributed by atoms with Gasteiger partial charge in [-0.2, -0.15) is 13.2 Å². The zero-order valence-corrected chi connectivity index (χ0v) is 21.4. The van der Waals surface area contributed by atoms with Crippen LogP contribution >= 0.6 is 0 Å². The molecule has 1 aliphatic heterocycles. The number of nitrogens with zero attached hydrogens (tertiary/aromatic N) is 3. The second-order valence-electron chi connectivity index (χ2n) is 8.64. The van der Waals surface area contributed by atoms with Crippen molar-refractivity contribution >= 4 is 23.3 Å². The largest absolute Gasteiger partial charge is 0.418 e. The minimum Gasteiger partial charge on any atom is -0.360 e. The minimum atomic E-state index is -4.58. The first kappa shape index (κ1) is 29.9. The van der Waals surface area contributed by atoms with Gasteiger partial charge < -0.3 is 15.1 Å². The Morgan fingerprint density at radius 1 is 1.17 bits per heavy atom. The minimum absolute atomic E-state index is 0.0234. The van der Waals surface area contributed by atoms with E-state index in [-0.39, 0.29) is 23.7 Å². The van der Waals surface area contributed by atoms with Gasteiger partial charge in [0.05, 0.1) is 17.8 Å². The Morgan fingerprint density at radius 3 is 2.40 bits per heavy atom. The molecule has 1 heterocycles. The van der Waals surface area contributed by atoms with Crippen LogP contribution in [0, 0.1) is 12.8 Å². The molecule has 0 bridgehead atoms. The summed E-state index contributed by atoms with van der Waals surface area (Å²) in [7, 11) is 1.82. The Morgan fingerprint density at radius 2 is 1.83 bits per heavy atom. The van der Waals surface area contributed by atoms with Gasteiger partial charge in [-0.05, 0) is 37.0 Å². The average Bonchev–Trinajstić information content (AvgIpc) is 2.78. The number of amidine groups is 1. The number of halogens is 3. The number of allylic oxidation sites excluding steroid dienone is 1. The van der Waals surface area contributed by atoms with Crippen molar-refractivity contribution < 1.29 is 22.8 Å². The lowest BCUT2D eigenvalue weighted by Gasteiger charge is -2.34. The number of likely N-dealkylation sites (N-methyl/N-ethyl adjacent to an activating group) is 1. The van der Waals surface area contributed by atoms with Crippen LogP contribution in [-0.4, -0.2) is 54.1 Å². The third-order valence-electron chi connectivity index (χ3n) is 5.37. The lowest BCUT2D eigenvalue weighted by atomic mass is 10.1. The Kier molecular flexibility index (Phi) is 12.3. The molecule has 0 saturated carbocycles. The van der Waals surface area contributed by atoms with Crippen LogP contribution in [0.4, 0.5) is 18.9 Å². The standard InChI is InChI=1S/C21H25F3N4O2.C5H12/c1-4-5-9-19(30)28-13-12-27(3)17(14-28)25-11-10-18(29)26-16-8-6-7-15(2)20(16)21(22,23)24;1-4-5(2)3/h5-11H,4,12-14H2,1-3H3,(H,26,29);5H,4H2,1-3H3/b9-5+,11-10+,25-17?;. The van der Waals surface area contributed by atoms with Gasteiger partial charge in [-0.15, -0.1) is 0 Å². The number of hydrogen-bond acceptors (Lipinski definition) is 3. The first-order valence-electron chi connectivity index (χ1n) is 11.8. The molecule has 1 aliphatic rings. The Bertz CT molecular complexity index is 937. The van der Waals surface area contributed by atoms with Crippen LogP contribution in [0.3, 0.4) is 0 Å². The SMILES string of the molecule is CC/C=C/C(=O)N1CCN(C)C(=N/C=C/C(=O)Nc2cccc(C)c2C(F)(F)F)C1.CCC(C)C. The van der Waals surface area contributed by atoms with Gasteiger partial charge in [-0.25, -0.2) is 4.99 Å². The van der Waals surface area contributed by atoms with Gasteiger partial charge in [0.25, 0.3) is 0 Å². The van der Waals surface area contributed by atoms with E-state index < -0.39 is 17.6 Å². The predicted molar refractivity (Wildman–Crippen MR) is 135 cm³/mol. The summed E-state index contributed by atoms with van der Waals surface area (Å²) in [6.45, 7) is 11.3. The van der Waals surface area contributed by atoms with Crippen molar-refractivity contribution in [2.75, 3.05) is 32.0 Å². The fourth-order valence-electron chi connectivity index (χ4n) is 2.94. The van der Waals surface area contributed by atoms with E-state index in [4.69, 9.17) is 0 Å². The molecule has 1 fully saturated rings. The third kappa shape index (κ3) is 10.4. The number of piperazine rings is 1. The molecule has 0 unspecified atom stereocenters. The summed E-state index contributed by atoms with van der Waals surface area (Å²) < 4.78 is 39.7. The molecule has 0 aliphatic carbocycles. The van der Waals surface area contributed by atoms with Gasteiger partial charge in [-0.3, -0.25) is 9.59 Å². The molecule has 1 aromatic carbocycles. The molecule has 6 nitrogen and oxygen atoms in total. The maximum atomic E-state index is 13.2. The Labute approximate surface area is 206 Å². The molecule has 0 atom stereocenters. The number of carbonyl (C=O) groups is 2. The van der Waals surface area contributed by atoms with Crippen molar-refractivity contribution in [2.45, 2.75) is 53.6 Å². The average molecular weight is 495 g/mol. The van der Waals surface area contributed by atoms with Crippen LogP contribution in [0.5, 0.6) is 0 Å². The van der Waals surface area contributed by atoms with Crippen molar-refractivity contribution in [2.24, 2.45) is 10.9 Å². The number of benzene rings is 1.